The van der Waals surface area contributed by atoms with Crippen LogP contribution in [0.1, 0.15) is 0 Å². The van der Waals surface area contributed by atoms with Gasteiger partial charge in [0.1, 0.15) is 11.4 Å². The highest BCUT2D eigenvalue weighted by Gasteiger charge is 2.20. The Balaban J connectivity index is 2.12. The molecule has 0 aromatic heterocycles. The quantitative estimate of drug-likeness (QED) is 0.363. The first-order valence-electron chi connectivity index (χ1n) is 7.54. The molecule has 0 aliphatic rings. The van der Waals surface area contributed by atoms with Gasteiger partial charge < -0.3 is 10.6 Å². The van der Waals surface area contributed by atoms with Crippen molar-refractivity contribution in [1.29, 1.82) is 0 Å². The van der Waals surface area contributed by atoms with Crippen LogP contribution in [-0.2, 0) is 0 Å². The number of hydrogen-bond donors (Lipinski definition) is 2. The van der Waals surface area contributed by atoms with Gasteiger partial charge in [-0.3, -0.25) is 40.5 Å². The van der Waals surface area contributed by atoms with Crippen LogP contribution in [0, 0.1) is 40.5 Å². The van der Waals surface area contributed by atoms with Gasteiger partial charge >= 0.3 is 0 Å². The van der Waals surface area contributed by atoms with Crippen molar-refractivity contribution in [1.82, 2.24) is 0 Å². The molecule has 0 spiro atoms. The first-order valence-corrected chi connectivity index (χ1v) is 7.54. The molecule has 28 heavy (non-hydrogen) atoms. The van der Waals surface area contributed by atoms with Gasteiger partial charge in [0.2, 0.25) is 0 Å². The molecule has 2 aromatic carbocycles. The Labute approximate surface area is 155 Å². The van der Waals surface area contributed by atoms with Gasteiger partial charge in [-0.1, -0.05) is 0 Å². The predicted molar refractivity (Wildman–Crippen MR) is 96.5 cm³/mol. The number of rotatable bonds is 9. The molecule has 0 bridgehead atoms. The van der Waals surface area contributed by atoms with Crippen molar-refractivity contribution >= 4 is 34.1 Å². The summed E-state index contributed by atoms with van der Waals surface area (Å²) in [6, 6.07) is 5.95. The second kappa shape index (κ2) is 8.35. The van der Waals surface area contributed by atoms with Gasteiger partial charge in [0, 0.05) is 49.5 Å². The van der Waals surface area contributed by atoms with Crippen LogP contribution in [0.25, 0.3) is 0 Å². The largest absolute Gasteiger partial charge is 0.378 e. The first kappa shape index (κ1) is 20.0. The van der Waals surface area contributed by atoms with Crippen LogP contribution < -0.4 is 10.6 Å². The maximum Gasteiger partial charge on any atom is 0.292 e. The lowest BCUT2D eigenvalue weighted by molar-refractivity contribution is -0.388. The van der Waals surface area contributed by atoms with Gasteiger partial charge in [-0.15, -0.1) is 0 Å². The molecule has 0 fully saturated rings. The number of nitrogens with zero attached hydrogens (tertiary/aromatic N) is 4. The molecule has 0 radical (unpaired) electrons. The number of nitro groups is 4. The van der Waals surface area contributed by atoms with Crippen molar-refractivity contribution in [2.75, 3.05) is 23.7 Å². The molecule has 0 amide bonds. The van der Waals surface area contributed by atoms with Gasteiger partial charge in [0.25, 0.3) is 22.7 Å². The topological polar surface area (TPSA) is 197 Å². The van der Waals surface area contributed by atoms with E-state index in [4.69, 9.17) is 0 Å². The lowest BCUT2D eigenvalue weighted by Gasteiger charge is -2.09. The molecule has 0 saturated carbocycles. The van der Waals surface area contributed by atoms with E-state index in [0.717, 1.165) is 36.4 Å². The van der Waals surface area contributed by atoms with Crippen molar-refractivity contribution < 1.29 is 19.7 Å². The number of non-ortho nitro benzene ring substituents is 2. The lowest BCUT2D eigenvalue weighted by Crippen LogP contribution is -2.15. The molecular weight excluding hydrogens is 380 g/mol. The number of nitro benzene ring substituents is 4. The minimum absolute atomic E-state index is 0.0120. The Morgan fingerprint density at radius 2 is 0.964 bits per heavy atom. The van der Waals surface area contributed by atoms with Crippen molar-refractivity contribution in [3.05, 3.63) is 76.9 Å². The Hall–Kier alpha value is -4.36. The zero-order valence-corrected chi connectivity index (χ0v) is 13.9. The second-order valence-corrected chi connectivity index (χ2v) is 5.28. The number of hydrogen-bond acceptors (Lipinski definition) is 10. The van der Waals surface area contributed by atoms with Gasteiger partial charge in [-0.2, -0.15) is 0 Å². The van der Waals surface area contributed by atoms with Gasteiger partial charge in [-0.05, 0) is 0 Å². The van der Waals surface area contributed by atoms with Crippen molar-refractivity contribution in [2.45, 2.75) is 0 Å². The zero-order valence-electron chi connectivity index (χ0n) is 13.9. The van der Waals surface area contributed by atoms with Gasteiger partial charge in [0.05, 0.1) is 19.7 Å². The molecule has 0 atom stereocenters. The fourth-order valence-electron chi connectivity index (χ4n) is 2.27. The Bertz CT molecular complexity index is 885. The van der Waals surface area contributed by atoms with Gasteiger partial charge in [-0.25, -0.2) is 0 Å². The zero-order chi connectivity index (χ0) is 20.8. The van der Waals surface area contributed by atoms with Crippen LogP contribution in [0.5, 0.6) is 0 Å². The molecule has 0 aliphatic heterocycles. The van der Waals surface area contributed by atoms with E-state index in [-0.39, 0.29) is 47.2 Å². The molecule has 0 heterocycles. The fourth-order valence-corrected chi connectivity index (χ4v) is 2.27. The summed E-state index contributed by atoms with van der Waals surface area (Å²) in [7, 11) is 0. The summed E-state index contributed by atoms with van der Waals surface area (Å²) in [5.41, 5.74) is -1.67. The SMILES string of the molecule is O=[N+]([O-])c1ccc([N+](=O)[O-])c(NCCNc2cc([N+](=O)[O-])ccc2[N+](=O)[O-])c1. The maximum atomic E-state index is 11.0. The standard InChI is InChI=1S/C14H12N6O8/c21-17(22)9-1-3-13(19(25)26)11(7-9)15-5-6-16-12-8-10(18(23)24)2-4-14(12)20(27)28/h1-4,7-8,15-16H,5-6H2. The van der Waals surface area contributed by atoms with Crippen LogP contribution in [0.4, 0.5) is 34.1 Å². The average Bonchev–Trinajstić information content (AvgIpc) is 2.64. The third-order valence-corrected chi connectivity index (χ3v) is 3.53. The van der Waals surface area contributed by atoms with E-state index in [9.17, 15) is 40.5 Å². The molecule has 14 heteroatoms. The molecule has 0 aliphatic carbocycles. The van der Waals surface area contributed by atoms with Crippen LogP contribution in [0.3, 0.4) is 0 Å². The maximum absolute atomic E-state index is 11.0. The normalized spacial score (nSPS) is 10.1. The average molecular weight is 392 g/mol. The summed E-state index contributed by atoms with van der Waals surface area (Å²) in [4.78, 5) is 40.8. The van der Waals surface area contributed by atoms with Gasteiger partial charge in [0.15, 0.2) is 0 Å². The van der Waals surface area contributed by atoms with Crippen molar-refractivity contribution in [3.8, 4) is 0 Å². The number of benzene rings is 2. The Morgan fingerprint density at radius 1 is 0.607 bits per heavy atom. The van der Waals surface area contributed by atoms with Crippen molar-refractivity contribution in [2.24, 2.45) is 0 Å². The van der Waals surface area contributed by atoms with Crippen LogP contribution in [0.2, 0.25) is 0 Å². The molecule has 2 rings (SSSR count). The van der Waals surface area contributed by atoms with E-state index < -0.39 is 19.7 Å². The van der Waals surface area contributed by atoms with E-state index in [1.807, 2.05) is 0 Å². The minimum atomic E-state index is -0.717. The molecule has 0 unspecified atom stereocenters. The molecular formula is C14H12N6O8. The van der Waals surface area contributed by atoms with E-state index in [2.05, 4.69) is 10.6 Å². The van der Waals surface area contributed by atoms with E-state index in [0.29, 0.717) is 0 Å². The smallest absolute Gasteiger partial charge is 0.292 e. The summed E-state index contributed by atoms with van der Waals surface area (Å²) in [6.07, 6.45) is 0. The van der Waals surface area contributed by atoms with E-state index >= 15 is 0 Å². The monoisotopic (exact) mass is 392 g/mol. The second-order valence-electron chi connectivity index (χ2n) is 5.28. The minimum Gasteiger partial charge on any atom is -0.378 e. The lowest BCUT2D eigenvalue weighted by atomic mass is 10.2. The first-order chi connectivity index (χ1) is 13.2. The molecule has 2 aromatic rings. The highest BCUT2D eigenvalue weighted by molar-refractivity contribution is 5.67. The molecule has 146 valence electrons. The highest BCUT2D eigenvalue weighted by Crippen LogP contribution is 2.30. The van der Waals surface area contributed by atoms with Crippen LogP contribution >= 0.6 is 0 Å². The number of anilines is 2. The summed E-state index contributed by atoms with van der Waals surface area (Å²) in [5, 5.41) is 48.9. The van der Waals surface area contributed by atoms with E-state index in [1.165, 1.54) is 0 Å². The summed E-state index contributed by atoms with van der Waals surface area (Å²) in [6.45, 7) is -0.0241. The molecule has 14 nitrogen and oxygen atoms in total. The third kappa shape index (κ3) is 4.63. The summed E-state index contributed by atoms with van der Waals surface area (Å²) >= 11 is 0. The van der Waals surface area contributed by atoms with Crippen LogP contribution in [0.15, 0.2) is 36.4 Å². The Kier molecular flexibility index (Phi) is 5.95. The molecule has 0 saturated heterocycles. The predicted octanol–water partition coefficient (Wildman–Crippen LogP) is 2.84. The third-order valence-electron chi connectivity index (χ3n) is 3.53. The summed E-state index contributed by atoms with van der Waals surface area (Å²) < 4.78 is 0. The Morgan fingerprint density at radius 3 is 1.25 bits per heavy atom. The summed E-state index contributed by atoms with van der Waals surface area (Å²) in [5.74, 6) is 0. The highest BCUT2D eigenvalue weighted by atomic mass is 16.6. The molecule has 2 N–H and O–H groups in total. The van der Waals surface area contributed by atoms with Crippen molar-refractivity contribution in [3.63, 3.8) is 0 Å². The van der Waals surface area contributed by atoms with E-state index in [1.54, 1.807) is 0 Å². The van der Waals surface area contributed by atoms with Crippen LogP contribution in [-0.4, -0.2) is 32.8 Å². The number of nitrogens with one attached hydrogen (secondary N) is 2. The fraction of sp³-hybridized carbons (Fsp3) is 0.143.